The van der Waals surface area contributed by atoms with Gasteiger partial charge in [-0.05, 0) is 18.1 Å². The van der Waals surface area contributed by atoms with Crippen molar-refractivity contribution in [1.29, 1.82) is 0 Å². The Kier molecular flexibility index (Phi) is 5.50. The summed E-state index contributed by atoms with van der Waals surface area (Å²) in [5.74, 6) is 0. The third kappa shape index (κ3) is 3.55. The minimum Gasteiger partial charge on any atom is -0.437 e. The van der Waals surface area contributed by atoms with Gasteiger partial charge in [0.2, 0.25) is 0 Å². The predicted octanol–water partition coefficient (Wildman–Crippen LogP) is 4.17. The molecule has 2 atom stereocenters. The second-order valence-corrected chi connectivity index (χ2v) is 6.94. The Morgan fingerprint density at radius 2 is 1.92 bits per heavy atom. The summed E-state index contributed by atoms with van der Waals surface area (Å²) in [6.07, 6.45) is 2.96. The van der Waals surface area contributed by atoms with Crippen molar-refractivity contribution in [3.05, 3.63) is 78.4 Å². The molecule has 1 aliphatic rings. The molecule has 0 aliphatic carbocycles. The number of benzene rings is 2. The molecule has 0 radical (unpaired) electrons. The number of carbonyl (C=O) groups is 1. The Labute approximate surface area is 156 Å². The van der Waals surface area contributed by atoms with Gasteiger partial charge in [0, 0.05) is 19.4 Å². The Hall–Kier alpha value is -2.49. The number of ether oxygens (including phenoxy) is 1. The molecule has 134 valence electrons. The van der Waals surface area contributed by atoms with Crippen molar-refractivity contribution in [1.82, 2.24) is 4.90 Å². The zero-order valence-electron chi connectivity index (χ0n) is 15.7. The van der Waals surface area contributed by atoms with Crippen LogP contribution >= 0.6 is 0 Å². The fraction of sp³-hybridized carbons (Fsp3) is 0.318. The molecule has 1 saturated heterocycles. The third-order valence-corrected chi connectivity index (χ3v) is 5.39. The summed E-state index contributed by atoms with van der Waals surface area (Å²) < 4.78 is 6.02. The molecule has 3 rings (SSSR count). The fourth-order valence-corrected chi connectivity index (χ4v) is 3.67. The van der Waals surface area contributed by atoms with Crippen LogP contribution in [0.15, 0.2) is 67.3 Å². The Morgan fingerprint density at radius 1 is 1.23 bits per heavy atom. The molecule has 2 aromatic carbocycles. The van der Waals surface area contributed by atoms with E-state index >= 15 is 0 Å². The van der Waals surface area contributed by atoms with Crippen molar-refractivity contribution < 1.29 is 9.53 Å². The second-order valence-electron chi connectivity index (χ2n) is 6.94. The lowest BCUT2D eigenvalue weighted by Crippen LogP contribution is -2.48. The lowest BCUT2D eigenvalue weighted by molar-refractivity contribution is -0.0588. The number of rotatable bonds is 6. The van der Waals surface area contributed by atoms with E-state index in [1.807, 2.05) is 41.3 Å². The van der Waals surface area contributed by atoms with Crippen molar-refractivity contribution in [2.75, 3.05) is 6.54 Å². The highest BCUT2D eigenvalue weighted by Gasteiger charge is 2.42. The largest absolute Gasteiger partial charge is 0.437 e. The van der Waals surface area contributed by atoms with E-state index in [9.17, 15) is 4.79 Å². The molecule has 0 spiro atoms. The maximum Gasteiger partial charge on any atom is 0.411 e. The van der Waals surface area contributed by atoms with E-state index in [4.69, 9.17) is 4.74 Å². The third-order valence-electron chi connectivity index (χ3n) is 5.39. The van der Waals surface area contributed by atoms with E-state index in [2.05, 4.69) is 44.6 Å². The molecule has 2 aromatic rings. The van der Waals surface area contributed by atoms with E-state index in [0.717, 1.165) is 24.8 Å². The molecule has 0 saturated carbocycles. The highest BCUT2D eigenvalue weighted by atomic mass is 16.6. The van der Waals surface area contributed by atoms with Gasteiger partial charge >= 0.3 is 6.09 Å². The maximum absolute atomic E-state index is 12.9. The molecule has 26 heavy (non-hydrogen) atoms. The van der Waals surface area contributed by atoms with Gasteiger partial charge in [0.1, 0.15) is 5.60 Å². The topological polar surface area (TPSA) is 29.5 Å². The van der Waals surface area contributed by atoms with Gasteiger partial charge in [0.15, 0.2) is 7.28 Å². The average molecular weight is 347 g/mol. The number of nitrogens with zero attached hydrogens (tertiary/aromatic N) is 1. The first-order valence-corrected chi connectivity index (χ1v) is 9.34. The molecule has 1 amide bonds. The summed E-state index contributed by atoms with van der Waals surface area (Å²) in [5, 5.41) is 0. The van der Waals surface area contributed by atoms with Gasteiger partial charge < -0.3 is 9.64 Å². The van der Waals surface area contributed by atoms with Gasteiger partial charge in [-0.3, -0.25) is 0 Å². The first-order chi connectivity index (χ1) is 12.6. The van der Waals surface area contributed by atoms with Crippen LogP contribution in [0.2, 0.25) is 6.82 Å². The van der Waals surface area contributed by atoms with Crippen molar-refractivity contribution >= 4 is 18.8 Å². The van der Waals surface area contributed by atoms with E-state index in [1.165, 1.54) is 5.46 Å². The Morgan fingerprint density at radius 3 is 2.50 bits per heavy atom. The number of carbonyl (C=O) groups excluding carboxylic acids is 1. The van der Waals surface area contributed by atoms with Gasteiger partial charge in [-0.25, -0.2) is 4.79 Å². The van der Waals surface area contributed by atoms with Gasteiger partial charge in [0.05, 0.1) is 6.04 Å². The quantitative estimate of drug-likeness (QED) is 0.580. The van der Waals surface area contributed by atoms with E-state index in [-0.39, 0.29) is 12.1 Å². The second kappa shape index (κ2) is 7.82. The van der Waals surface area contributed by atoms with Crippen LogP contribution in [0.4, 0.5) is 4.79 Å². The zero-order chi connectivity index (χ0) is 18.6. The van der Waals surface area contributed by atoms with Gasteiger partial charge in [0.25, 0.3) is 0 Å². The smallest absolute Gasteiger partial charge is 0.411 e. The summed E-state index contributed by atoms with van der Waals surface area (Å²) in [7, 11) is 1.02. The van der Waals surface area contributed by atoms with Gasteiger partial charge in [-0.15, -0.1) is 6.58 Å². The summed E-state index contributed by atoms with van der Waals surface area (Å²) in [4.78, 5) is 14.7. The van der Waals surface area contributed by atoms with Crippen LogP contribution in [0.25, 0.3) is 0 Å². The van der Waals surface area contributed by atoms with E-state index < -0.39 is 5.60 Å². The molecule has 0 aromatic heterocycles. The summed E-state index contributed by atoms with van der Waals surface area (Å²) in [5.41, 5.74) is 2.86. The standard InChI is InChI=1S/C22H26BNO2/c1-4-14-22(19-8-6-5-7-9-19)15-16-24(21(25)26-22)17(2)18-10-12-20(23-3)13-11-18/h4-13,17,23H,1,14-16H2,2-3H3/t17-,22+/m0/s1. The molecule has 0 N–H and O–H groups in total. The van der Waals surface area contributed by atoms with E-state index in [1.54, 1.807) is 0 Å². The lowest BCUT2D eigenvalue weighted by atomic mass is 9.73. The number of hydrogen-bond acceptors (Lipinski definition) is 2. The summed E-state index contributed by atoms with van der Waals surface area (Å²) in [6.45, 7) is 8.73. The molecule has 3 nitrogen and oxygen atoms in total. The molecular formula is C22H26BNO2. The number of hydrogen-bond donors (Lipinski definition) is 0. The van der Waals surface area contributed by atoms with Gasteiger partial charge in [-0.2, -0.15) is 0 Å². The van der Waals surface area contributed by atoms with Crippen LogP contribution in [0.3, 0.4) is 0 Å². The molecule has 1 heterocycles. The number of amides is 1. The fourth-order valence-electron chi connectivity index (χ4n) is 3.67. The van der Waals surface area contributed by atoms with Crippen LogP contribution in [0, 0.1) is 0 Å². The summed E-state index contributed by atoms with van der Waals surface area (Å²) in [6, 6.07) is 18.5. The average Bonchev–Trinajstić information content (AvgIpc) is 2.68. The molecule has 4 heteroatoms. The van der Waals surface area contributed by atoms with Crippen molar-refractivity contribution in [3.8, 4) is 0 Å². The predicted molar refractivity (Wildman–Crippen MR) is 108 cm³/mol. The van der Waals surface area contributed by atoms with Crippen LogP contribution in [-0.2, 0) is 10.3 Å². The molecule has 0 unspecified atom stereocenters. The van der Waals surface area contributed by atoms with Crippen molar-refractivity contribution in [2.45, 2.75) is 38.2 Å². The summed E-state index contributed by atoms with van der Waals surface area (Å²) >= 11 is 0. The van der Waals surface area contributed by atoms with Crippen LogP contribution in [-0.4, -0.2) is 24.8 Å². The maximum atomic E-state index is 12.9. The Balaban J connectivity index is 1.80. The lowest BCUT2D eigenvalue weighted by Gasteiger charge is -2.43. The minimum atomic E-state index is -0.609. The zero-order valence-corrected chi connectivity index (χ0v) is 15.7. The highest BCUT2D eigenvalue weighted by molar-refractivity contribution is 6.51. The normalized spacial score (nSPS) is 21.0. The highest BCUT2D eigenvalue weighted by Crippen LogP contribution is 2.39. The molecule has 1 aliphatic heterocycles. The van der Waals surface area contributed by atoms with Crippen LogP contribution in [0.5, 0.6) is 0 Å². The van der Waals surface area contributed by atoms with Crippen LogP contribution in [0.1, 0.15) is 36.9 Å². The first kappa shape index (κ1) is 18.3. The van der Waals surface area contributed by atoms with Crippen molar-refractivity contribution in [3.63, 3.8) is 0 Å². The molecule has 0 bridgehead atoms. The number of cyclic esters (lactones) is 1. The minimum absolute atomic E-state index is 0.00842. The van der Waals surface area contributed by atoms with Crippen molar-refractivity contribution in [2.24, 2.45) is 0 Å². The monoisotopic (exact) mass is 347 g/mol. The van der Waals surface area contributed by atoms with E-state index in [0.29, 0.717) is 13.0 Å². The molecular weight excluding hydrogens is 321 g/mol. The van der Waals surface area contributed by atoms with Crippen LogP contribution < -0.4 is 5.46 Å². The molecule has 1 fully saturated rings. The first-order valence-electron chi connectivity index (χ1n) is 9.34. The van der Waals surface area contributed by atoms with Gasteiger partial charge in [-0.1, -0.05) is 73.0 Å². The SMILES string of the molecule is C=CC[C@]1(c2ccccc2)CCN([C@@H](C)c2ccc(BC)cc2)C(=O)O1. The Bertz CT molecular complexity index is 759.